The third kappa shape index (κ3) is 3.50. The van der Waals surface area contributed by atoms with Gasteiger partial charge in [0.1, 0.15) is 5.69 Å². The van der Waals surface area contributed by atoms with Crippen LogP contribution in [0.4, 0.5) is 11.4 Å². The third-order valence-electron chi connectivity index (χ3n) is 4.06. The fourth-order valence-corrected chi connectivity index (χ4v) is 3.30. The number of aromatic nitrogens is 1. The number of rotatable bonds is 4. The monoisotopic (exact) mass is 330 g/mol. The van der Waals surface area contributed by atoms with E-state index in [1.54, 1.807) is 10.9 Å². The Morgan fingerprint density at radius 1 is 1.26 bits per heavy atom. The summed E-state index contributed by atoms with van der Waals surface area (Å²) in [4.78, 5) is 29.7. The van der Waals surface area contributed by atoms with Crippen LogP contribution in [0, 0.1) is 5.92 Å². The zero-order chi connectivity index (χ0) is 16.2. The van der Waals surface area contributed by atoms with E-state index in [1.807, 2.05) is 24.3 Å². The molecule has 1 aromatic carbocycles. The average Bonchev–Trinajstić information content (AvgIpc) is 3.10. The second kappa shape index (κ2) is 6.78. The van der Waals surface area contributed by atoms with Gasteiger partial charge in [-0.25, -0.2) is 4.98 Å². The first-order valence-corrected chi connectivity index (χ1v) is 8.42. The van der Waals surface area contributed by atoms with Crippen LogP contribution in [-0.4, -0.2) is 29.9 Å². The van der Waals surface area contributed by atoms with Gasteiger partial charge in [0.15, 0.2) is 0 Å². The Kier molecular flexibility index (Phi) is 4.57. The minimum absolute atomic E-state index is 0.0528. The van der Waals surface area contributed by atoms with Crippen molar-refractivity contribution in [1.29, 1.82) is 0 Å². The summed E-state index contributed by atoms with van der Waals surface area (Å²) < 4.78 is 0. The van der Waals surface area contributed by atoms with Crippen LogP contribution in [-0.2, 0) is 4.79 Å². The van der Waals surface area contributed by atoms with Crippen molar-refractivity contribution in [3.63, 3.8) is 0 Å². The number of primary amides is 1. The van der Waals surface area contributed by atoms with E-state index in [0.29, 0.717) is 5.69 Å². The Bertz CT molecular complexity index is 694. The molecular weight excluding hydrogens is 312 g/mol. The van der Waals surface area contributed by atoms with Crippen molar-refractivity contribution in [2.45, 2.75) is 12.8 Å². The molecule has 1 aliphatic heterocycles. The highest BCUT2D eigenvalue weighted by molar-refractivity contribution is 7.07. The number of amides is 2. The van der Waals surface area contributed by atoms with E-state index in [1.165, 1.54) is 11.3 Å². The lowest BCUT2D eigenvalue weighted by Crippen LogP contribution is -2.38. The Morgan fingerprint density at radius 2 is 2.00 bits per heavy atom. The number of hydrogen-bond acceptors (Lipinski definition) is 5. The first-order valence-electron chi connectivity index (χ1n) is 7.48. The number of nitrogens with one attached hydrogen (secondary N) is 1. The van der Waals surface area contributed by atoms with Gasteiger partial charge >= 0.3 is 0 Å². The molecule has 23 heavy (non-hydrogen) atoms. The highest BCUT2D eigenvalue weighted by Crippen LogP contribution is 2.30. The lowest BCUT2D eigenvalue weighted by Gasteiger charge is -2.33. The topological polar surface area (TPSA) is 88.3 Å². The molecule has 0 aliphatic carbocycles. The lowest BCUT2D eigenvalue weighted by atomic mass is 9.96. The highest BCUT2D eigenvalue weighted by atomic mass is 32.1. The quantitative estimate of drug-likeness (QED) is 0.898. The normalized spacial score (nSPS) is 15.4. The zero-order valence-corrected chi connectivity index (χ0v) is 13.4. The molecule has 0 saturated carbocycles. The van der Waals surface area contributed by atoms with Crippen LogP contribution < -0.4 is 16.0 Å². The van der Waals surface area contributed by atoms with E-state index in [4.69, 9.17) is 5.73 Å². The summed E-state index contributed by atoms with van der Waals surface area (Å²) in [6.45, 7) is 1.49. The Balaban J connectivity index is 1.74. The van der Waals surface area contributed by atoms with E-state index in [9.17, 15) is 9.59 Å². The number of hydrogen-bond donors (Lipinski definition) is 2. The number of benzene rings is 1. The van der Waals surface area contributed by atoms with Crippen LogP contribution in [0.5, 0.6) is 0 Å². The molecule has 3 rings (SSSR count). The molecule has 0 bridgehead atoms. The summed E-state index contributed by atoms with van der Waals surface area (Å²) in [5, 5.41) is 4.63. The van der Waals surface area contributed by atoms with Gasteiger partial charge in [-0.05, 0) is 25.0 Å². The van der Waals surface area contributed by atoms with Gasteiger partial charge in [-0.15, -0.1) is 11.3 Å². The molecular formula is C16H18N4O2S. The third-order valence-corrected chi connectivity index (χ3v) is 4.64. The van der Waals surface area contributed by atoms with Gasteiger partial charge in [-0.3, -0.25) is 9.59 Å². The highest BCUT2D eigenvalue weighted by Gasteiger charge is 2.24. The summed E-state index contributed by atoms with van der Waals surface area (Å²) in [6.07, 6.45) is 1.48. The zero-order valence-electron chi connectivity index (χ0n) is 12.6. The maximum atomic E-state index is 12.2. The van der Waals surface area contributed by atoms with Gasteiger partial charge in [-0.2, -0.15) is 0 Å². The summed E-state index contributed by atoms with van der Waals surface area (Å²) in [6, 6.07) is 7.67. The Morgan fingerprint density at radius 3 is 2.65 bits per heavy atom. The molecule has 1 saturated heterocycles. The number of nitrogens with zero attached hydrogens (tertiary/aromatic N) is 2. The van der Waals surface area contributed by atoms with Gasteiger partial charge in [0.25, 0.3) is 5.91 Å². The number of carbonyl (C=O) groups excluding carboxylic acids is 2. The molecule has 7 heteroatoms. The second-order valence-electron chi connectivity index (χ2n) is 5.51. The molecule has 0 atom stereocenters. The Labute approximate surface area is 138 Å². The number of piperidine rings is 1. The number of carbonyl (C=O) groups is 2. The van der Waals surface area contributed by atoms with Crippen LogP contribution in [0.2, 0.25) is 0 Å². The Hall–Kier alpha value is -2.41. The number of para-hydroxylation sites is 2. The standard InChI is InChI=1S/C16H18N4O2S/c17-15(21)11-5-7-20(8-6-11)14-4-2-1-3-12(14)19-16(22)13-9-23-10-18-13/h1-4,9-11H,5-8H2,(H2,17,21)(H,19,22). The smallest absolute Gasteiger partial charge is 0.275 e. The molecule has 2 amide bonds. The van der Waals surface area contributed by atoms with Crippen LogP contribution in [0.1, 0.15) is 23.3 Å². The molecule has 3 N–H and O–H groups in total. The molecule has 0 radical (unpaired) electrons. The fraction of sp³-hybridized carbons (Fsp3) is 0.312. The van der Waals surface area contributed by atoms with E-state index < -0.39 is 0 Å². The van der Waals surface area contributed by atoms with Crippen LogP contribution in [0.3, 0.4) is 0 Å². The maximum absolute atomic E-state index is 12.2. The molecule has 1 fully saturated rings. The van der Waals surface area contributed by atoms with Crippen molar-refractivity contribution in [3.05, 3.63) is 40.8 Å². The van der Waals surface area contributed by atoms with Crippen molar-refractivity contribution in [2.24, 2.45) is 11.7 Å². The van der Waals surface area contributed by atoms with Crippen molar-refractivity contribution in [3.8, 4) is 0 Å². The van der Waals surface area contributed by atoms with Crippen LogP contribution in [0.25, 0.3) is 0 Å². The maximum Gasteiger partial charge on any atom is 0.275 e. The van der Waals surface area contributed by atoms with Gasteiger partial charge < -0.3 is 16.0 Å². The van der Waals surface area contributed by atoms with Crippen LogP contribution >= 0.6 is 11.3 Å². The first-order chi connectivity index (χ1) is 11.1. The molecule has 1 aromatic heterocycles. The second-order valence-corrected chi connectivity index (χ2v) is 6.23. The molecule has 6 nitrogen and oxygen atoms in total. The van der Waals surface area contributed by atoms with Crippen LogP contribution in [0.15, 0.2) is 35.2 Å². The molecule has 2 heterocycles. The first kappa shape index (κ1) is 15.5. The predicted octanol–water partition coefficient (Wildman–Crippen LogP) is 2.10. The molecule has 0 spiro atoms. The van der Waals surface area contributed by atoms with Crippen molar-refractivity contribution in [2.75, 3.05) is 23.3 Å². The van der Waals surface area contributed by atoms with Gasteiger partial charge in [0.2, 0.25) is 5.91 Å². The SMILES string of the molecule is NC(=O)C1CCN(c2ccccc2NC(=O)c2cscn2)CC1. The summed E-state index contributed by atoms with van der Waals surface area (Å²) in [7, 11) is 0. The van der Waals surface area contributed by atoms with Crippen molar-refractivity contribution in [1.82, 2.24) is 4.98 Å². The molecule has 1 aliphatic rings. The summed E-state index contributed by atoms with van der Waals surface area (Å²) >= 11 is 1.39. The molecule has 2 aromatic rings. The average molecular weight is 330 g/mol. The minimum Gasteiger partial charge on any atom is -0.370 e. The largest absolute Gasteiger partial charge is 0.370 e. The molecule has 120 valence electrons. The van der Waals surface area contributed by atoms with E-state index in [0.717, 1.165) is 37.3 Å². The van der Waals surface area contributed by atoms with Crippen molar-refractivity contribution >= 4 is 34.5 Å². The summed E-state index contributed by atoms with van der Waals surface area (Å²) in [5.41, 5.74) is 9.14. The number of nitrogens with two attached hydrogens (primary N) is 1. The van der Waals surface area contributed by atoms with Gasteiger partial charge in [0, 0.05) is 24.4 Å². The molecule has 0 unspecified atom stereocenters. The lowest BCUT2D eigenvalue weighted by molar-refractivity contribution is -0.122. The number of anilines is 2. The van der Waals surface area contributed by atoms with Crippen molar-refractivity contribution < 1.29 is 9.59 Å². The fourth-order valence-electron chi connectivity index (χ4n) is 2.77. The predicted molar refractivity (Wildman–Crippen MR) is 90.6 cm³/mol. The van der Waals surface area contributed by atoms with E-state index in [2.05, 4.69) is 15.2 Å². The van der Waals surface area contributed by atoms with Gasteiger partial charge in [-0.1, -0.05) is 12.1 Å². The number of thiazole rings is 1. The van der Waals surface area contributed by atoms with E-state index >= 15 is 0 Å². The summed E-state index contributed by atoms with van der Waals surface area (Å²) in [5.74, 6) is -0.497. The van der Waals surface area contributed by atoms with E-state index in [-0.39, 0.29) is 17.7 Å². The van der Waals surface area contributed by atoms with Gasteiger partial charge in [0.05, 0.1) is 16.9 Å². The minimum atomic E-state index is -0.227.